The third-order valence-corrected chi connectivity index (χ3v) is 3.93. The summed E-state index contributed by atoms with van der Waals surface area (Å²) in [4.78, 5) is 30.8. The maximum atomic E-state index is 12.5. The number of rotatable bonds is 5. The minimum atomic E-state index is -0.706. The summed E-state index contributed by atoms with van der Waals surface area (Å²) in [6.45, 7) is 5.20. The van der Waals surface area contributed by atoms with Gasteiger partial charge in [0, 0.05) is 0 Å². The zero-order valence-corrected chi connectivity index (χ0v) is 12.3. The molecule has 0 aromatic carbocycles. The Morgan fingerprint density at radius 1 is 1.48 bits per heavy atom. The molecule has 3 N–H and O–H groups in total. The minimum Gasteiger partial charge on any atom is -0.442 e. The van der Waals surface area contributed by atoms with E-state index in [0.717, 1.165) is 0 Å². The van der Waals surface area contributed by atoms with Crippen LogP contribution in [0.5, 0.6) is 0 Å². The Kier molecular flexibility index (Phi) is 4.13. The van der Waals surface area contributed by atoms with Gasteiger partial charge in [0.2, 0.25) is 5.71 Å². The molecule has 0 unspecified atom stereocenters. The van der Waals surface area contributed by atoms with Crippen LogP contribution in [-0.4, -0.2) is 33.1 Å². The van der Waals surface area contributed by atoms with Crippen LogP contribution in [0.15, 0.2) is 15.5 Å². The predicted octanol–water partition coefficient (Wildman–Crippen LogP) is 1.11. The third-order valence-electron chi connectivity index (χ3n) is 3.93. The lowest BCUT2D eigenvalue weighted by Crippen LogP contribution is -2.50. The maximum absolute atomic E-state index is 12.5. The van der Waals surface area contributed by atoms with Crippen molar-refractivity contribution in [1.29, 1.82) is 0 Å². The fourth-order valence-electron chi connectivity index (χ4n) is 2.32. The highest BCUT2D eigenvalue weighted by molar-refractivity contribution is 6.06. The van der Waals surface area contributed by atoms with Crippen LogP contribution >= 0.6 is 0 Å². The van der Waals surface area contributed by atoms with E-state index in [4.69, 9.17) is 4.42 Å². The van der Waals surface area contributed by atoms with Crippen LogP contribution in [0.4, 0.5) is 0 Å². The molecule has 1 amide bonds. The van der Waals surface area contributed by atoms with Gasteiger partial charge in [0.25, 0.3) is 11.5 Å². The van der Waals surface area contributed by atoms with Gasteiger partial charge in [-0.25, -0.2) is 4.98 Å². The van der Waals surface area contributed by atoms with Crippen molar-refractivity contribution in [2.45, 2.75) is 39.2 Å². The van der Waals surface area contributed by atoms with E-state index in [1.54, 1.807) is 6.92 Å². The summed E-state index contributed by atoms with van der Waals surface area (Å²) >= 11 is 0. The number of carbonyl (C=O) groups is 1. The number of H-pyrrole nitrogens is 1. The SMILES string of the molecule is CCC(CC)(CO)NC(=O)c1c(C)oc2nc[nH]c(=O)c12. The Morgan fingerprint density at radius 3 is 2.71 bits per heavy atom. The maximum Gasteiger partial charge on any atom is 0.262 e. The first-order valence-electron chi connectivity index (χ1n) is 6.88. The topological polar surface area (TPSA) is 108 Å². The van der Waals surface area contributed by atoms with E-state index in [9.17, 15) is 14.7 Å². The van der Waals surface area contributed by atoms with Gasteiger partial charge in [-0.1, -0.05) is 13.8 Å². The molecular formula is C14H19N3O4. The molecule has 0 radical (unpaired) electrons. The van der Waals surface area contributed by atoms with E-state index in [2.05, 4.69) is 15.3 Å². The zero-order chi connectivity index (χ0) is 15.6. The lowest BCUT2D eigenvalue weighted by Gasteiger charge is -2.30. The third kappa shape index (κ3) is 2.56. The summed E-state index contributed by atoms with van der Waals surface area (Å²) in [6, 6.07) is 0. The molecular weight excluding hydrogens is 274 g/mol. The molecule has 0 atom stereocenters. The molecule has 0 aliphatic carbocycles. The Hall–Kier alpha value is -2.15. The lowest BCUT2D eigenvalue weighted by atomic mass is 9.93. The molecule has 114 valence electrons. The van der Waals surface area contributed by atoms with Crippen molar-refractivity contribution in [3.8, 4) is 0 Å². The molecule has 7 heteroatoms. The Morgan fingerprint density at radius 2 is 2.14 bits per heavy atom. The minimum absolute atomic E-state index is 0.129. The first kappa shape index (κ1) is 15.2. The van der Waals surface area contributed by atoms with Gasteiger partial charge in [-0.3, -0.25) is 9.59 Å². The van der Waals surface area contributed by atoms with Gasteiger partial charge in [0.15, 0.2) is 0 Å². The second kappa shape index (κ2) is 5.69. The number of aromatic nitrogens is 2. The molecule has 0 spiro atoms. The van der Waals surface area contributed by atoms with Gasteiger partial charge in [0.05, 0.1) is 24.0 Å². The van der Waals surface area contributed by atoms with E-state index in [-0.39, 0.29) is 23.3 Å². The van der Waals surface area contributed by atoms with Crippen molar-refractivity contribution >= 4 is 17.0 Å². The van der Waals surface area contributed by atoms with Crippen LogP contribution in [0.25, 0.3) is 11.1 Å². The van der Waals surface area contributed by atoms with Crippen molar-refractivity contribution in [2.75, 3.05) is 6.61 Å². The number of fused-ring (bicyclic) bond motifs is 1. The standard InChI is InChI=1S/C14H19N3O4/c1-4-14(5-2,6-18)17-12(20)9-8(3)21-13-10(9)11(19)15-7-16-13/h7,18H,4-6H2,1-3H3,(H,17,20)(H,15,16,19). The second-order valence-electron chi connectivity index (χ2n) is 5.04. The summed E-state index contributed by atoms with van der Waals surface area (Å²) in [5.74, 6) is -0.117. The normalized spacial score (nSPS) is 11.8. The van der Waals surface area contributed by atoms with Crippen molar-refractivity contribution in [3.05, 3.63) is 28.0 Å². The van der Waals surface area contributed by atoms with Gasteiger partial charge in [0.1, 0.15) is 11.1 Å². The highest BCUT2D eigenvalue weighted by atomic mass is 16.3. The van der Waals surface area contributed by atoms with Gasteiger partial charge in [-0.15, -0.1) is 0 Å². The Balaban J connectivity index is 2.49. The summed E-state index contributed by atoms with van der Waals surface area (Å²) in [6.07, 6.45) is 2.38. The zero-order valence-electron chi connectivity index (χ0n) is 12.3. The Labute approximate surface area is 121 Å². The van der Waals surface area contributed by atoms with E-state index >= 15 is 0 Å². The van der Waals surface area contributed by atoms with Crippen molar-refractivity contribution in [3.63, 3.8) is 0 Å². The molecule has 21 heavy (non-hydrogen) atoms. The smallest absolute Gasteiger partial charge is 0.262 e. The van der Waals surface area contributed by atoms with Crippen LogP contribution in [0.3, 0.4) is 0 Å². The molecule has 2 heterocycles. The number of hydrogen-bond donors (Lipinski definition) is 3. The molecule has 2 aromatic rings. The van der Waals surface area contributed by atoms with Crippen LogP contribution in [-0.2, 0) is 0 Å². The Bertz CT molecular complexity index is 704. The van der Waals surface area contributed by atoms with E-state index < -0.39 is 17.0 Å². The van der Waals surface area contributed by atoms with E-state index in [1.807, 2.05) is 13.8 Å². The number of carbonyl (C=O) groups excluding carboxylic acids is 1. The molecule has 2 aromatic heterocycles. The number of nitrogens with one attached hydrogen (secondary N) is 2. The average molecular weight is 293 g/mol. The lowest BCUT2D eigenvalue weighted by molar-refractivity contribution is 0.0817. The van der Waals surface area contributed by atoms with Crippen LogP contribution in [0, 0.1) is 6.92 Å². The van der Waals surface area contributed by atoms with E-state index in [0.29, 0.717) is 18.6 Å². The number of aliphatic hydroxyl groups is 1. The van der Waals surface area contributed by atoms with Crippen molar-refractivity contribution in [2.24, 2.45) is 0 Å². The number of aryl methyl sites for hydroxylation is 1. The summed E-state index contributed by atoms with van der Waals surface area (Å²) in [7, 11) is 0. The number of aromatic amines is 1. The number of furan rings is 1. The average Bonchev–Trinajstić information content (AvgIpc) is 2.82. The highest BCUT2D eigenvalue weighted by Gasteiger charge is 2.30. The molecule has 2 rings (SSSR count). The monoisotopic (exact) mass is 293 g/mol. The quantitative estimate of drug-likeness (QED) is 0.765. The molecule has 7 nitrogen and oxygen atoms in total. The van der Waals surface area contributed by atoms with Gasteiger partial charge < -0.3 is 19.8 Å². The fourth-order valence-corrected chi connectivity index (χ4v) is 2.32. The summed E-state index contributed by atoms with van der Waals surface area (Å²) in [5.41, 5.74) is -0.838. The molecule has 0 bridgehead atoms. The summed E-state index contributed by atoms with van der Waals surface area (Å²) in [5, 5.41) is 12.5. The second-order valence-corrected chi connectivity index (χ2v) is 5.04. The van der Waals surface area contributed by atoms with Crippen molar-refractivity contribution in [1.82, 2.24) is 15.3 Å². The van der Waals surface area contributed by atoms with Crippen LogP contribution < -0.4 is 10.9 Å². The first-order valence-corrected chi connectivity index (χ1v) is 6.88. The highest BCUT2D eigenvalue weighted by Crippen LogP contribution is 2.22. The summed E-state index contributed by atoms with van der Waals surface area (Å²) < 4.78 is 5.36. The first-order chi connectivity index (χ1) is 9.98. The van der Waals surface area contributed by atoms with Crippen molar-refractivity contribution < 1.29 is 14.3 Å². The largest absolute Gasteiger partial charge is 0.442 e. The van der Waals surface area contributed by atoms with Gasteiger partial charge in [-0.05, 0) is 19.8 Å². The van der Waals surface area contributed by atoms with E-state index in [1.165, 1.54) is 6.33 Å². The number of hydrogen-bond acceptors (Lipinski definition) is 5. The molecule has 0 fully saturated rings. The molecule has 0 aliphatic rings. The number of amides is 1. The molecule has 0 saturated heterocycles. The number of nitrogens with zero attached hydrogens (tertiary/aromatic N) is 1. The number of aliphatic hydroxyl groups excluding tert-OH is 1. The van der Waals surface area contributed by atoms with Crippen LogP contribution in [0.2, 0.25) is 0 Å². The molecule has 0 aliphatic heterocycles. The van der Waals surface area contributed by atoms with Crippen LogP contribution in [0.1, 0.15) is 42.8 Å². The van der Waals surface area contributed by atoms with Gasteiger partial charge >= 0.3 is 0 Å². The van der Waals surface area contributed by atoms with Gasteiger partial charge in [-0.2, -0.15) is 0 Å². The molecule has 0 saturated carbocycles. The predicted molar refractivity (Wildman–Crippen MR) is 77.2 cm³/mol. The fraction of sp³-hybridized carbons (Fsp3) is 0.500.